The zero-order chi connectivity index (χ0) is 17.7. The van der Waals surface area contributed by atoms with Crippen LogP contribution < -0.4 is 10.2 Å². The number of hydrazone groups is 1. The summed E-state index contributed by atoms with van der Waals surface area (Å²) in [5, 5.41) is 5.52. The van der Waals surface area contributed by atoms with Crippen LogP contribution >= 0.6 is 58.0 Å². The van der Waals surface area contributed by atoms with Crippen LogP contribution in [0.2, 0.25) is 25.1 Å². The Kier molecular flexibility index (Phi) is 7.02. The first-order chi connectivity index (χ1) is 11.4. The molecule has 9 heteroatoms. The first-order valence-electron chi connectivity index (χ1n) is 6.41. The fraction of sp³-hybridized carbons (Fsp3) is 0.0667. The maximum Gasteiger partial charge on any atom is 0.277 e. The van der Waals surface area contributed by atoms with Crippen molar-refractivity contribution in [3.8, 4) is 5.75 Å². The van der Waals surface area contributed by atoms with Crippen LogP contribution in [-0.4, -0.2) is 18.7 Å². The van der Waals surface area contributed by atoms with E-state index in [1.54, 1.807) is 18.2 Å². The van der Waals surface area contributed by atoms with Gasteiger partial charge >= 0.3 is 0 Å². The number of benzene rings is 2. The van der Waals surface area contributed by atoms with Gasteiger partial charge in [0.25, 0.3) is 5.91 Å². The molecule has 0 aromatic heterocycles. The van der Waals surface area contributed by atoms with E-state index in [1.807, 2.05) is 0 Å². The van der Waals surface area contributed by atoms with E-state index in [2.05, 4.69) is 10.5 Å². The number of hydrogen-bond donors (Lipinski definition) is 1. The highest BCUT2D eigenvalue weighted by atomic mass is 35.5. The highest BCUT2D eigenvalue weighted by Gasteiger charge is 2.09. The normalized spacial score (nSPS) is 10.9. The van der Waals surface area contributed by atoms with Crippen LogP contribution in [-0.2, 0) is 4.79 Å². The standard InChI is InChI=1S/C15H9Cl5N2O2/c16-9-2-1-8(10(17)3-9)6-21-22-15(23)7-24-14-5-12(19)11(18)4-13(14)20/h1-6H,7H2,(H,22,23). The highest BCUT2D eigenvalue weighted by molar-refractivity contribution is 6.43. The predicted molar refractivity (Wildman–Crippen MR) is 99.2 cm³/mol. The van der Waals surface area contributed by atoms with Crippen molar-refractivity contribution in [1.82, 2.24) is 5.43 Å². The molecule has 0 heterocycles. The van der Waals surface area contributed by atoms with E-state index in [0.717, 1.165) is 0 Å². The van der Waals surface area contributed by atoms with E-state index in [-0.39, 0.29) is 22.4 Å². The third-order valence-corrected chi connectivity index (χ3v) is 4.27. The zero-order valence-electron chi connectivity index (χ0n) is 11.8. The number of nitrogens with zero attached hydrogens (tertiary/aromatic N) is 1. The largest absolute Gasteiger partial charge is 0.482 e. The molecule has 0 bridgehead atoms. The topological polar surface area (TPSA) is 50.7 Å². The van der Waals surface area contributed by atoms with Crippen molar-refractivity contribution in [2.45, 2.75) is 0 Å². The zero-order valence-corrected chi connectivity index (χ0v) is 15.6. The molecule has 2 aromatic carbocycles. The van der Waals surface area contributed by atoms with E-state index in [9.17, 15) is 4.79 Å². The first-order valence-corrected chi connectivity index (χ1v) is 8.30. The number of amides is 1. The second-order valence-electron chi connectivity index (χ2n) is 4.44. The third kappa shape index (κ3) is 5.43. The lowest BCUT2D eigenvalue weighted by Crippen LogP contribution is -2.24. The fourth-order valence-electron chi connectivity index (χ4n) is 1.57. The second kappa shape index (κ2) is 8.79. The Labute approximate surface area is 163 Å². The third-order valence-electron chi connectivity index (χ3n) is 2.69. The molecule has 0 unspecified atom stereocenters. The number of nitrogens with one attached hydrogen (secondary N) is 1. The highest BCUT2D eigenvalue weighted by Crippen LogP contribution is 2.33. The number of rotatable bonds is 5. The average Bonchev–Trinajstić information content (AvgIpc) is 2.51. The molecule has 4 nitrogen and oxygen atoms in total. The summed E-state index contributed by atoms with van der Waals surface area (Å²) in [7, 11) is 0. The molecule has 1 amide bonds. The van der Waals surface area contributed by atoms with Gasteiger partial charge in [-0.1, -0.05) is 64.1 Å². The summed E-state index contributed by atoms with van der Waals surface area (Å²) in [6, 6.07) is 7.76. The van der Waals surface area contributed by atoms with Crippen molar-refractivity contribution in [3.63, 3.8) is 0 Å². The van der Waals surface area contributed by atoms with Crippen LogP contribution in [0, 0.1) is 0 Å². The van der Waals surface area contributed by atoms with Gasteiger partial charge in [-0.25, -0.2) is 5.43 Å². The van der Waals surface area contributed by atoms with Gasteiger partial charge in [-0.05, 0) is 18.2 Å². The Bertz CT molecular complexity index is 796. The van der Waals surface area contributed by atoms with E-state index in [0.29, 0.717) is 20.6 Å². The Hall–Kier alpha value is -1.17. The number of halogens is 5. The van der Waals surface area contributed by atoms with Gasteiger partial charge < -0.3 is 4.74 Å². The van der Waals surface area contributed by atoms with Crippen LogP contribution in [0.1, 0.15) is 5.56 Å². The van der Waals surface area contributed by atoms with E-state index >= 15 is 0 Å². The van der Waals surface area contributed by atoms with Gasteiger partial charge in [0.2, 0.25) is 0 Å². The summed E-state index contributed by atoms with van der Waals surface area (Å²) >= 11 is 29.4. The lowest BCUT2D eigenvalue weighted by atomic mass is 10.2. The Morgan fingerprint density at radius 2 is 1.71 bits per heavy atom. The van der Waals surface area contributed by atoms with Gasteiger partial charge in [-0.3, -0.25) is 4.79 Å². The van der Waals surface area contributed by atoms with Crippen LogP contribution in [0.25, 0.3) is 0 Å². The molecule has 0 atom stereocenters. The average molecular weight is 427 g/mol. The fourth-order valence-corrected chi connectivity index (χ4v) is 2.62. The molecule has 0 spiro atoms. The van der Waals surface area contributed by atoms with Crippen molar-refractivity contribution in [1.29, 1.82) is 0 Å². The molecule has 2 rings (SSSR count). The molecule has 24 heavy (non-hydrogen) atoms. The minimum Gasteiger partial charge on any atom is -0.482 e. The number of carbonyl (C=O) groups is 1. The molecule has 0 radical (unpaired) electrons. The summed E-state index contributed by atoms with van der Waals surface area (Å²) in [5.41, 5.74) is 2.91. The van der Waals surface area contributed by atoms with Crippen molar-refractivity contribution in [2.75, 3.05) is 6.61 Å². The van der Waals surface area contributed by atoms with Gasteiger partial charge in [0.1, 0.15) is 5.75 Å². The summed E-state index contributed by atoms with van der Waals surface area (Å²) in [6.07, 6.45) is 1.39. The quantitative estimate of drug-likeness (QED) is 0.391. The van der Waals surface area contributed by atoms with Gasteiger partial charge in [-0.2, -0.15) is 5.10 Å². The van der Waals surface area contributed by atoms with Crippen LogP contribution in [0.4, 0.5) is 0 Å². The maximum absolute atomic E-state index is 11.7. The van der Waals surface area contributed by atoms with Gasteiger partial charge in [-0.15, -0.1) is 0 Å². The monoisotopic (exact) mass is 424 g/mol. The molecule has 0 saturated heterocycles. The lowest BCUT2D eigenvalue weighted by Gasteiger charge is -2.08. The molecule has 0 saturated carbocycles. The van der Waals surface area contributed by atoms with Crippen LogP contribution in [0.5, 0.6) is 5.75 Å². The van der Waals surface area contributed by atoms with Crippen molar-refractivity contribution in [3.05, 3.63) is 61.0 Å². The molecular weight excluding hydrogens is 417 g/mol. The molecule has 126 valence electrons. The number of ether oxygens (including phenoxy) is 1. The summed E-state index contributed by atoms with van der Waals surface area (Å²) in [5.74, 6) is -0.246. The second-order valence-corrected chi connectivity index (χ2v) is 6.51. The SMILES string of the molecule is O=C(COc1cc(Cl)c(Cl)cc1Cl)NN=Cc1ccc(Cl)cc1Cl. The molecule has 0 aliphatic heterocycles. The number of hydrogen-bond acceptors (Lipinski definition) is 3. The number of carbonyl (C=O) groups excluding carboxylic acids is 1. The molecule has 0 aliphatic carbocycles. The van der Waals surface area contributed by atoms with Gasteiger partial charge in [0.05, 0.1) is 26.3 Å². The summed E-state index contributed by atoms with van der Waals surface area (Å²) in [4.78, 5) is 11.7. The van der Waals surface area contributed by atoms with E-state index in [4.69, 9.17) is 62.7 Å². The van der Waals surface area contributed by atoms with Crippen LogP contribution in [0.15, 0.2) is 35.4 Å². The maximum atomic E-state index is 11.7. The Morgan fingerprint density at radius 3 is 2.42 bits per heavy atom. The smallest absolute Gasteiger partial charge is 0.277 e. The molecule has 0 fully saturated rings. The lowest BCUT2D eigenvalue weighted by molar-refractivity contribution is -0.123. The van der Waals surface area contributed by atoms with Gasteiger partial charge in [0.15, 0.2) is 6.61 Å². The van der Waals surface area contributed by atoms with E-state index < -0.39 is 5.91 Å². The summed E-state index contributed by atoms with van der Waals surface area (Å²) < 4.78 is 5.27. The first kappa shape index (κ1) is 19.2. The molecule has 0 aliphatic rings. The van der Waals surface area contributed by atoms with Crippen molar-refractivity contribution >= 4 is 70.1 Å². The molecule has 1 N–H and O–H groups in total. The van der Waals surface area contributed by atoms with Crippen molar-refractivity contribution in [2.24, 2.45) is 5.10 Å². The minimum atomic E-state index is -0.488. The van der Waals surface area contributed by atoms with Gasteiger partial charge in [0, 0.05) is 16.7 Å². The summed E-state index contributed by atoms with van der Waals surface area (Å²) in [6.45, 7) is -0.302. The van der Waals surface area contributed by atoms with Crippen LogP contribution in [0.3, 0.4) is 0 Å². The Balaban J connectivity index is 1.90. The predicted octanol–water partition coefficient (Wildman–Crippen LogP) is 5.48. The molecular formula is C15H9Cl5N2O2. The van der Waals surface area contributed by atoms with E-state index in [1.165, 1.54) is 18.3 Å². The Morgan fingerprint density at radius 1 is 1.00 bits per heavy atom. The molecule has 2 aromatic rings. The van der Waals surface area contributed by atoms with Crippen molar-refractivity contribution < 1.29 is 9.53 Å². The minimum absolute atomic E-state index is 0.242.